The fourth-order valence-corrected chi connectivity index (χ4v) is 1.67. The van der Waals surface area contributed by atoms with E-state index >= 15 is 0 Å². The van der Waals surface area contributed by atoms with Crippen molar-refractivity contribution in [2.45, 2.75) is 19.4 Å². The van der Waals surface area contributed by atoms with Gasteiger partial charge in [-0.25, -0.2) is 0 Å². The average molecular weight is 236 g/mol. The number of carbonyl (C=O) groups is 1. The summed E-state index contributed by atoms with van der Waals surface area (Å²) < 4.78 is 4.60. The summed E-state index contributed by atoms with van der Waals surface area (Å²) in [6.45, 7) is 3.71. The Kier molecular flexibility index (Phi) is 5.49. The third-order valence-electron chi connectivity index (χ3n) is 2.72. The lowest BCUT2D eigenvalue weighted by Gasteiger charge is -2.24. The fraction of sp³-hybridized carbons (Fsp3) is 0.462. The number of rotatable bonds is 6. The summed E-state index contributed by atoms with van der Waals surface area (Å²) in [5.41, 5.74) is 6.85. The Morgan fingerprint density at radius 3 is 2.59 bits per heavy atom. The Balaban J connectivity index is 2.51. The highest BCUT2D eigenvalue weighted by atomic mass is 16.5. The van der Waals surface area contributed by atoms with Gasteiger partial charge in [-0.05, 0) is 25.5 Å². The zero-order chi connectivity index (χ0) is 12.7. The van der Waals surface area contributed by atoms with Crippen LogP contribution in [0.15, 0.2) is 30.3 Å². The minimum Gasteiger partial charge on any atom is -0.468 e. The molecule has 1 aromatic rings. The smallest absolute Gasteiger partial charge is 0.322 e. The average Bonchev–Trinajstić information content (AvgIpc) is 2.39. The van der Waals surface area contributed by atoms with Crippen LogP contribution in [0.1, 0.15) is 13.3 Å². The van der Waals surface area contributed by atoms with E-state index in [2.05, 4.69) is 16.6 Å². The molecule has 0 bridgehead atoms. The molecule has 1 rings (SSSR count). The van der Waals surface area contributed by atoms with Crippen molar-refractivity contribution in [3.8, 4) is 0 Å². The Morgan fingerprint density at radius 1 is 1.41 bits per heavy atom. The van der Waals surface area contributed by atoms with Gasteiger partial charge in [0.2, 0.25) is 0 Å². The number of methoxy groups -OCH3 is 1. The molecule has 0 aliphatic rings. The highest BCUT2D eigenvalue weighted by molar-refractivity contribution is 5.75. The summed E-state index contributed by atoms with van der Waals surface area (Å²) in [5, 5.41) is 0. The van der Waals surface area contributed by atoms with Gasteiger partial charge in [0.15, 0.2) is 0 Å². The van der Waals surface area contributed by atoms with E-state index < -0.39 is 6.04 Å². The van der Waals surface area contributed by atoms with Gasteiger partial charge in [0, 0.05) is 18.8 Å². The van der Waals surface area contributed by atoms with Crippen LogP contribution >= 0.6 is 0 Å². The molecular weight excluding hydrogens is 216 g/mol. The molecule has 4 heteroatoms. The van der Waals surface area contributed by atoms with Gasteiger partial charge in [-0.3, -0.25) is 4.79 Å². The van der Waals surface area contributed by atoms with Crippen LogP contribution in [0.3, 0.4) is 0 Å². The SMILES string of the molecule is CCN(CCC(N)C(=O)OC)c1ccccc1. The largest absolute Gasteiger partial charge is 0.468 e. The van der Waals surface area contributed by atoms with Crippen molar-refractivity contribution in [3.63, 3.8) is 0 Å². The minimum absolute atomic E-state index is 0.353. The van der Waals surface area contributed by atoms with E-state index in [1.54, 1.807) is 0 Å². The zero-order valence-corrected chi connectivity index (χ0v) is 10.4. The maximum atomic E-state index is 11.2. The Bertz CT molecular complexity index is 341. The third kappa shape index (κ3) is 4.07. The number of para-hydroxylation sites is 1. The van der Waals surface area contributed by atoms with Crippen LogP contribution < -0.4 is 10.6 Å². The second-order valence-corrected chi connectivity index (χ2v) is 3.83. The molecule has 1 aromatic carbocycles. The molecule has 0 aromatic heterocycles. The Labute approximate surface area is 102 Å². The summed E-state index contributed by atoms with van der Waals surface area (Å²) in [4.78, 5) is 13.4. The maximum Gasteiger partial charge on any atom is 0.322 e. The van der Waals surface area contributed by atoms with Gasteiger partial charge in [-0.15, -0.1) is 0 Å². The predicted molar refractivity (Wildman–Crippen MR) is 68.9 cm³/mol. The van der Waals surface area contributed by atoms with Crippen molar-refractivity contribution in [3.05, 3.63) is 30.3 Å². The van der Waals surface area contributed by atoms with Gasteiger partial charge < -0.3 is 15.4 Å². The molecule has 0 amide bonds. The van der Waals surface area contributed by atoms with E-state index in [0.717, 1.165) is 18.8 Å². The van der Waals surface area contributed by atoms with Gasteiger partial charge in [0.1, 0.15) is 6.04 Å². The molecule has 4 nitrogen and oxygen atoms in total. The normalized spacial score (nSPS) is 11.9. The van der Waals surface area contributed by atoms with Crippen molar-refractivity contribution in [2.75, 3.05) is 25.1 Å². The topological polar surface area (TPSA) is 55.6 Å². The molecule has 1 unspecified atom stereocenters. The molecule has 0 radical (unpaired) electrons. The van der Waals surface area contributed by atoms with E-state index in [4.69, 9.17) is 5.73 Å². The molecule has 0 spiro atoms. The van der Waals surface area contributed by atoms with Gasteiger partial charge in [0.25, 0.3) is 0 Å². The molecule has 0 saturated heterocycles. The number of benzene rings is 1. The first-order valence-corrected chi connectivity index (χ1v) is 5.82. The highest BCUT2D eigenvalue weighted by Gasteiger charge is 2.14. The maximum absolute atomic E-state index is 11.2. The Hall–Kier alpha value is -1.55. The first kappa shape index (κ1) is 13.5. The number of esters is 1. The molecule has 2 N–H and O–H groups in total. The molecule has 1 atom stereocenters. The minimum atomic E-state index is -0.544. The highest BCUT2D eigenvalue weighted by Crippen LogP contribution is 2.13. The van der Waals surface area contributed by atoms with E-state index in [1.165, 1.54) is 7.11 Å². The molecule has 0 saturated carbocycles. The number of hydrogen-bond acceptors (Lipinski definition) is 4. The van der Waals surface area contributed by atoms with Crippen LogP contribution in [0.25, 0.3) is 0 Å². The van der Waals surface area contributed by atoms with E-state index in [-0.39, 0.29) is 5.97 Å². The summed E-state index contributed by atoms with van der Waals surface area (Å²) in [6, 6.07) is 9.53. The predicted octanol–water partition coefficient (Wildman–Crippen LogP) is 1.40. The summed E-state index contributed by atoms with van der Waals surface area (Å²) in [5.74, 6) is -0.353. The van der Waals surface area contributed by atoms with Gasteiger partial charge in [-0.1, -0.05) is 18.2 Å². The van der Waals surface area contributed by atoms with E-state index in [9.17, 15) is 4.79 Å². The van der Waals surface area contributed by atoms with Gasteiger partial charge >= 0.3 is 5.97 Å². The van der Waals surface area contributed by atoms with Crippen LogP contribution in [0.2, 0.25) is 0 Å². The summed E-state index contributed by atoms with van der Waals surface area (Å²) in [6.07, 6.45) is 0.593. The quantitative estimate of drug-likeness (QED) is 0.759. The number of hydrogen-bond donors (Lipinski definition) is 1. The standard InChI is InChI=1S/C13H20N2O2/c1-3-15(11-7-5-4-6-8-11)10-9-12(14)13(16)17-2/h4-8,12H,3,9-10,14H2,1-2H3. The van der Waals surface area contributed by atoms with Crippen LogP contribution in [0, 0.1) is 0 Å². The van der Waals surface area contributed by atoms with Gasteiger partial charge in [-0.2, -0.15) is 0 Å². The van der Waals surface area contributed by atoms with Crippen LogP contribution in [-0.2, 0) is 9.53 Å². The van der Waals surface area contributed by atoms with Crippen LogP contribution in [0.4, 0.5) is 5.69 Å². The second kappa shape index (κ2) is 6.91. The van der Waals surface area contributed by atoms with Crippen molar-refractivity contribution >= 4 is 11.7 Å². The lowest BCUT2D eigenvalue weighted by Crippen LogP contribution is -2.36. The summed E-state index contributed by atoms with van der Waals surface area (Å²) >= 11 is 0. The van der Waals surface area contributed by atoms with Crippen molar-refractivity contribution in [1.29, 1.82) is 0 Å². The first-order valence-electron chi connectivity index (χ1n) is 5.82. The molecule has 17 heavy (non-hydrogen) atoms. The zero-order valence-electron chi connectivity index (χ0n) is 10.4. The first-order chi connectivity index (χ1) is 8.19. The third-order valence-corrected chi connectivity index (χ3v) is 2.72. The van der Waals surface area contributed by atoms with Crippen molar-refractivity contribution in [2.24, 2.45) is 5.73 Å². The molecule has 0 aliphatic carbocycles. The van der Waals surface area contributed by atoms with E-state index in [0.29, 0.717) is 6.42 Å². The monoisotopic (exact) mass is 236 g/mol. The molecule has 0 fully saturated rings. The fourth-order valence-electron chi connectivity index (χ4n) is 1.67. The second-order valence-electron chi connectivity index (χ2n) is 3.83. The molecule has 94 valence electrons. The lowest BCUT2D eigenvalue weighted by molar-refractivity contribution is -0.142. The summed E-state index contributed by atoms with van der Waals surface area (Å²) in [7, 11) is 1.36. The molecular formula is C13H20N2O2. The van der Waals surface area contributed by atoms with Gasteiger partial charge in [0.05, 0.1) is 7.11 Å². The number of anilines is 1. The lowest BCUT2D eigenvalue weighted by atomic mass is 10.2. The number of carbonyl (C=O) groups excluding carboxylic acids is 1. The van der Waals surface area contributed by atoms with Crippen LogP contribution in [0.5, 0.6) is 0 Å². The van der Waals surface area contributed by atoms with E-state index in [1.807, 2.05) is 30.3 Å². The Morgan fingerprint density at radius 2 is 2.06 bits per heavy atom. The molecule has 0 aliphatic heterocycles. The number of ether oxygens (including phenoxy) is 1. The van der Waals surface area contributed by atoms with Crippen molar-refractivity contribution < 1.29 is 9.53 Å². The number of nitrogens with zero attached hydrogens (tertiary/aromatic N) is 1. The number of nitrogens with two attached hydrogens (primary N) is 1. The molecule has 0 heterocycles. The van der Waals surface area contributed by atoms with Crippen LogP contribution in [-0.4, -0.2) is 32.2 Å². The van der Waals surface area contributed by atoms with Crippen molar-refractivity contribution in [1.82, 2.24) is 0 Å².